The minimum Gasteiger partial charge on any atom is -0.353 e. The highest BCUT2D eigenvalue weighted by Crippen LogP contribution is 2.22. The van der Waals surface area contributed by atoms with E-state index in [2.05, 4.69) is 51.0 Å². The first kappa shape index (κ1) is 11.8. The lowest BCUT2D eigenvalue weighted by molar-refractivity contribution is 0.861. The molecule has 1 aliphatic rings. The van der Waals surface area contributed by atoms with Crippen molar-refractivity contribution in [2.75, 3.05) is 0 Å². The predicted octanol–water partition coefficient (Wildman–Crippen LogP) is 3.19. The lowest BCUT2D eigenvalue weighted by Crippen LogP contribution is -2.20. The fraction of sp³-hybridized carbons (Fsp3) is 0.462. The molecule has 0 fully saturated rings. The predicted molar refractivity (Wildman–Crippen MR) is 67.0 cm³/mol. The summed E-state index contributed by atoms with van der Waals surface area (Å²) in [5.41, 5.74) is 5.20. The van der Waals surface area contributed by atoms with Gasteiger partial charge in [0.1, 0.15) is 0 Å². The van der Waals surface area contributed by atoms with E-state index in [1.165, 1.54) is 22.3 Å². The van der Waals surface area contributed by atoms with E-state index in [0.29, 0.717) is 0 Å². The molecule has 1 rings (SSSR count). The average molecular weight is 204 g/mol. The van der Waals surface area contributed by atoms with Crippen LogP contribution in [0.3, 0.4) is 0 Å². The van der Waals surface area contributed by atoms with Crippen molar-refractivity contribution in [2.24, 2.45) is 4.99 Å². The summed E-state index contributed by atoms with van der Waals surface area (Å²) in [6, 6.07) is 0.186. The molecular weight excluding hydrogens is 184 g/mol. The molecule has 1 N–H and O–H groups in total. The third-order valence-electron chi connectivity index (χ3n) is 2.36. The van der Waals surface area contributed by atoms with Gasteiger partial charge in [0, 0.05) is 6.20 Å². The van der Waals surface area contributed by atoms with Crippen LogP contribution in [0.1, 0.15) is 34.6 Å². The third-order valence-corrected chi connectivity index (χ3v) is 2.36. The average Bonchev–Trinajstić information content (AvgIpc) is 2.15. The molecule has 1 aliphatic heterocycles. The van der Waals surface area contributed by atoms with Crippen LogP contribution in [-0.4, -0.2) is 12.4 Å². The Balaban J connectivity index is 3.07. The number of nitrogens with zero attached hydrogens (tertiary/aromatic N) is 1. The van der Waals surface area contributed by atoms with Crippen LogP contribution in [0.15, 0.2) is 39.6 Å². The van der Waals surface area contributed by atoms with E-state index in [1.54, 1.807) is 6.34 Å². The zero-order chi connectivity index (χ0) is 11.4. The fourth-order valence-corrected chi connectivity index (χ4v) is 1.62. The lowest BCUT2D eigenvalue weighted by atomic mass is 9.95. The van der Waals surface area contributed by atoms with Crippen LogP contribution < -0.4 is 5.32 Å². The van der Waals surface area contributed by atoms with Crippen molar-refractivity contribution in [3.8, 4) is 0 Å². The molecular formula is C13H20N2. The van der Waals surface area contributed by atoms with Crippen LogP contribution in [0.2, 0.25) is 0 Å². The summed E-state index contributed by atoms with van der Waals surface area (Å²) in [6.45, 7) is 10.6. The molecule has 0 saturated carbocycles. The minimum absolute atomic E-state index is 0.186. The Labute approximate surface area is 92.5 Å². The largest absolute Gasteiger partial charge is 0.353 e. The minimum atomic E-state index is 0.186. The van der Waals surface area contributed by atoms with Crippen LogP contribution in [-0.2, 0) is 0 Å². The number of hydrogen-bond acceptors (Lipinski definition) is 2. The second-order valence-corrected chi connectivity index (χ2v) is 4.41. The molecule has 1 unspecified atom stereocenters. The van der Waals surface area contributed by atoms with Crippen LogP contribution >= 0.6 is 0 Å². The summed E-state index contributed by atoms with van der Waals surface area (Å²) >= 11 is 0. The van der Waals surface area contributed by atoms with Crippen LogP contribution in [0.4, 0.5) is 0 Å². The van der Waals surface area contributed by atoms with Crippen molar-refractivity contribution in [1.82, 2.24) is 5.32 Å². The summed E-state index contributed by atoms with van der Waals surface area (Å²) in [4.78, 5) is 4.48. The van der Waals surface area contributed by atoms with Gasteiger partial charge in [0.05, 0.1) is 12.4 Å². The van der Waals surface area contributed by atoms with Gasteiger partial charge in [-0.1, -0.05) is 17.2 Å². The van der Waals surface area contributed by atoms with Crippen molar-refractivity contribution >= 4 is 6.34 Å². The Morgan fingerprint density at radius 1 is 1.33 bits per heavy atom. The van der Waals surface area contributed by atoms with Gasteiger partial charge < -0.3 is 5.32 Å². The summed E-state index contributed by atoms with van der Waals surface area (Å²) in [5.74, 6) is 0. The summed E-state index contributed by atoms with van der Waals surface area (Å²) in [7, 11) is 0. The maximum atomic E-state index is 4.48. The van der Waals surface area contributed by atoms with Gasteiger partial charge in [0.25, 0.3) is 0 Å². The van der Waals surface area contributed by atoms with Gasteiger partial charge in [0.2, 0.25) is 0 Å². The number of hydrogen-bond donors (Lipinski definition) is 1. The van der Waals surface area contributed by atoms with E-state index in [4.69, 9.17) is 0 Å². The molecule has 2 heteroatoms. The van der Waals surface area contributed by atoms with Gasteiger partial charge in [0.15, 0.2) is 0 Å². The zero-order valence-electron chi connectivity index (χ0n) is 10.3. The van der Waals surface area contributed by atoms with Crippen molar-refractivity contribution in [1.29, 1.82) is 0 Å². The van der Waals surface area contributed by atoms with Gasteiger partial charge >= 0.3 is 0 Å². The Kier molecular flexibility index (Phi) is 3.89. The van der Waals surface area contributed by atoms with E-state index < -0.39 is 0 Å². The molecule has 0 aromatic carbocycles. The molecule has 0 amide bonds. The first-order valence-electron chi connectivity index (χ1n) is 5.29. The van der Waals surface area contributed by atoms with Gasteiger partial charge in [-0.3, -0.25) is 4.99 Å². The standard InChI is InChI=1S/C13H20N2/c1-9(2)6-12(10(3)4)13-11(5)7-14-8-15-13/h6-8,13H,1-5H3,(H,14,15). The molecule has 0 spiro atoms. The second kappa shape index (κ2) is 4.96. The summed E-state index contributed by atoms with van der Waals surface area (Å²) in [5, 5.41) is 3.01. The quantitative estimate of drug-likeness (QED) is 0.686. The van der Waals surface area contributed by atoms with Gasteiger partial charge in [-0.2, -0.15) is 0 Å². The first-order chi connectivity index (χ1) is 7.02. The smallest absolute Gasteiger partial charge is 0.0990 e. The SMILES string of the molecule is CC(C)=CC(=C(C)C)C1N=CNC=C1C. The molecule has 0 aromatic rings. The highest BCUT2D eigenvalue weighted by Gasteiger charge is 2.15. The third kappa shape index (κ3) is 3.08. The molecule has 2 nitrogen and oxygen atoms in total. The van der Waals surface area contributed by atoms with Crippen molar-refractivity contribution in [2.45, 2.75) is 40.7 Å². The van der Waals surface area contributed by atoms with Gasteiger partial charge in [-0.05, 0) is 45.8 Å². The van der Waals surface area contributed by atoms with E-state index >= 15 is 0 Å². The molecule has 0 saturated heterocycles. The number of allylic oxidation sites excluding steroid dienone is 2. The maximum absolute atomic E-state index is 4.48. The highest BCUT2D eigenvalue weighted by molar-refractivity contribution is 5.61. The molecule has 82 valence electrons. The number of aliphatic imine (C=N–C) groups is 1. The Morgan fingerprint density at radius 2 is 2.00 bits per heavy atom. The van der Waals surface area contributed by atoms with Gasteiger partial charge in [-0.15, -0.1) is 0 Å². The number of rotatable bonds is 2. The molecule has 0 bridgehead atoms. The number of nitrogens with one attached hydrogen (secondary N) is 1. The maximum Gasteiger partial charge on any atom is 0.0990 e. The molecule has 0 aromatic heterocycles. The Morgan fingerprint density at radius 3 is 2.47 bits per heavy atom. The lowest BCUT2D eigenvalue weighted by Gasteiger charge is -2.20. The molecule has 0 radical (unpaired) electrons. The summed E-state index contributed by atoms with van der Waals surface area (Å²) in [6.07, 6.45) is 6.00. The van der Waals surface area contributed by atoms with Crippen LogP contribution in [0.5, 0.6) is 0 Å². The van der Waals surface area contributed by atoms with Crippen molar-refractivity contribution in [3.63, 3.8) is 0 Å². The van der Waals surface area contributed by atoms with E-state index in [0.717, 1.165) is 0 Å². The highest BCUT2D eigenvalue weighted by atomic mass is 15.0. The normalized spacial score (nSPS) is 19.0. The zero-order valence-corrected chi connectivity index (χ0v) is 10.3. The van der Waals surface area contributed by atoms with Gasteiger partial charge in [-0.25, -0.2) is 0 Å². The Bertz CT molecular complexity index is 349. The molecule has 1 atom stereocenters. The topological polar surface area (TPSA) is 24.4 Å². The van der Waals surface area contributed by atoms with E-state index in [-0.39, 0.29) is 6.04 Å². The van der Waals surface area contributed by atoms with Crippen molar-refractivity contribution < 1.29 is 0 Å². The monoisotopic (exact) mass is 204 g/mol. The van der Waals surface area contributed by atoms with Crippen LogP contribution in [0, 0.1) is 0 Å². The Hall–Kier alpha value is -1.31. The molecule has 1 heterocycles. The first-order valence-corrected chi connectivity index (χ1v) is 5.29. The molecule has 0 aliphatic carbocycles. The van der Waals surface area contributed by atoms with E-state index in [9.17, 15) is 0 Å². The van der Waals surface area contributed by atoms with Crippen LogP contribution in [0.25, 0.3) is 0 Å². The van der Waals surface area contributed by atoms with Crippen molar-refractivity contribution in [3.05, 3.63) is 34.6 Å². The molecule has 15 heavy (non-hydrogen) atoms. The summed E-state index contributed by atoms with van der Waals surface area (Å²) < 4.78 is 0. The second-order valence-electron chi connectivity index (χ2n) is 4.41. The fourth-order valence-electron chi connectivity index (χ4n) is 1.62. The van der Waals surface area contributed by atoms with E-state index in [1.807, 2.05) is 6.20 Å².